The van der Waals surface area contributed by atoms with E-state index in [4.69, 9.17) is 0 Å². The highest BCUT2D eigenvalue weighted by atomic mass is 32.1. The standard InChI is InChI=1S/C16H28N2O2S/c1-6-7-13-15(16(19)20)21-14(17-13)10-18(8-11(2)3)9-12(4)5/h11-12H,6-10H2,1-5H3,(H,19,20). The maximum Gasteiger partial charge on any atom is 0.347 e. The molecule has 1 aromatic heterocycles. The molecule has 0 bridgehead atoms. The van der Waals surface area contributed by atoms with Gasteiger partial charge in [0.2, 0.25) is 0 Å². The number of aryl methyl sites for hydroxylation is 1. The molecule has 1 rings (SSSR count). The normalized spacial score (nSPS) is 11.8. The average Bonchev–Trinajstić information content (AvgIpc) is 2.70. The molecular weight excluding hydrogens is 284 g/mol. The molecule has 0 amide bonds. The van der Waals surface area contributed by atoms with Gasteiger partial charge in [0.1, 0.15) is 9.88 Å². The van der Waals surface area contributed by atoms with Gasteiger partial charge in [0.15, 0.2) is 0 Å². The van der Waals surface area contributed by atoms with E-state index < -0.39 is 5.97 Å². The molecule has 0 aliphatic heterocycles. The van der Waals surface area contributed by atoms with Gasteiger partial charge in [0.25, 0.3) is 0 Å². The lowest BCUT2D eigenvalue weighted by atomic mass is 10.1. The number of aromatic carboxylic acids is 1. The number of hydrogen-bond donors (Lipinski definition) is 1. The van der Waals surface area contributed by atoms with Crippen LogP contribution < -0.4 is 0 Å². The number of carbonyl (C=O) groups is 1. The number of rotatable bonds is 9. The van der Waals surface area contributed by atoms with Gasteiger partial charge in [-0.25, -0.2) is 9.78 Å². The highest BCUT2D eigenvalue weighted by Crippen LogP contribution is 2.22. The van der Waals surface area contributed by atoms with Gasteiger partial charge in [0, 0.05) is 13.1 Å². The van der Waals surface area contributed by atoms with Crippen LogP contribution in [0.3, 0.4) is 0 Å². The SMILES string of the molecule is CCCc1nc(CN(CC(C)C)CC(C)C)sc1C(=O)O. The van der Waals surface area contributed by atoms with E-state index in [0.29, 0.717) is 16.7 Å². The first-order valence-corrected chi connectivity index (χ1v) is 8.59. The summed E-state index contributed by atoms with van der Waals surface area (Å²) in [5, 5.41) is 10.2. The van der Waals surface area contributed by atoms with Gasteiger partial charge in [-0.3, -0.25) is 4.90 Å². The molecule has 1 heterocycles. The van der Waals surface area contributed by atoms with Crippen molar-refractivity contribution in [3.05, 3.63) is 15.6 Å². The Kier molecular flexibility index (Phi) is 7.32. The number of aromatic nitrogens is 1. The summed E-state index contributed by atoms with van der Waals surface area (Å²) >= 11 is 1.34. The van der Waals surface area contributed by atoms with E-state index in [-0.39, 0.29) is 0 Å². The summed E-state index contributed by atoms with van der Waals surface area (Å²) in [5.41, 5.74) is 0.749. The van der Waals surface area contributed by atoms with E-state index in [9.17, 15) is 9.90 Å². The maximum absolute atomic E-state index is 11.3. The molecule has 5 heteroatoms. The van der Waals surface area contributed by atoms with Gasteiger partial charge in [0.05, 0.1) is 12.2 Å². The van der Waals surface area contributed by atoms with Crippen LogP contribution in [-0.2, 0) is 13.0 Å². The molecule has 0 spiro atoms. The molecule has 21 heavy (non-hydrogen) atoms. The lowest BCUT2D eigenvalue weighted by Gasteiger charge is -2.25. The Morgan fingerprint density at radius 2 is 1.81 bits per heavy atom. The molecule has 0 aliphatic carbocycles. The van der Waals surface area contributed by atoms with Gasteiger partial charge in [-0.05, 0) is 18.3 Å². The topological polar surface area (TPSA) is 53.4 Å². The summed E-state index contributed by atoms with van der Waals surface area (Å²) in [6.07, 6.45) is 1.66. The first kappa shape index (κ1) is 18.1. The molecular formula is C16H28N2O2S. The van der Waals surface area contributed by atoms with Crippen LogP contribution in [-0.4, -0.2) is 34.0 Å². The zero-order chi connectivity index (χ0) is 16.0. The predicted molar refractivity (Wildman–Crippen MR) is 88.0 cm³/mol. The van der Waals surface area contributed by atoms with Gasteiger partial charge < -0.3 is 5.11 Å². The monoisotopic (exact) mass is 312 g/mol. The highest BCUT2D eigenvalue weighted by Gasteiger charge is 2.19. The van der Waals surface area contributed by atoms with Crippen molar-refractivity contribution in [1.29, 1.82) is 0 Å². The Bertz CT molecular complexity index is 445. The number of carboxylic acid groups (broad SMARTS) is 1. The van der Waals surface area contributed by atoms with E-state index in [0.717, 1.165) is 43.2 Å². The Balaban J connectivity index is 2.87. The molecule has 0 aromatic carbocycles. The Labute approximate surface area is 132 Å². The van der Waals surface area contributed by atoms with Crippen LogP contribution in [0.15, 0.2) is 0 Å². The largest absolute Gasteiger partial charge is 0.477 e. The number of carboxylic acids is 1. The van der Waals surface area contributed by atoms with Crippen LogP contribution in [0, 0.1) is 11.8 Å². The van der Waals surface area contributed by atoms with Crippen molar-refractivity contribution in [3.63, 3.8) is 0 Å². The van der Waals surface area contributed by atoms with E-state index in [1.165, 1.54) is 11.3 Å². The summed E-state index contributed by atoms with van der Waals surface area (Å²) in [4.78, 5) is 18.7. The Morgan fingerprint density at radius 1 is 1.24 bits per heavy atom. The number of hydrogen-bond acceptors (Lipinski definition) is 4. The minimum atomic E-state index is -0.846. The van der Waals surface area contributed by atoms with Gasteiger partial charge in [-0.15, -0.1) is 11.3 Å². The minimum Gasteiger partial charge on any atom is -0.477 e. The van der Waals surface area contributed by atoms with Crippen molar-refractivity contribution in [3.8, 4) is 0 Å². The molecule has 0 unspecified atom stereocenters. The molecule has 4 nitrogen and oxygen atoms in total. The van der Waals surface area contributed by atoms with Crippen molar-refractivity contribution in [2.75, 3.05) is 13.1 Å². The fourth-order valence-electron chi connectivity index (χ4n) is 2.47. The summed E-state index contributed by atoms with van der Waals surface area (Å²) in [7, 11) is 0. The van der Waals surface area contributed by atoms with Crippen LogP contribution in [0.4, 0.5) is 0 Å². The molecule has 0 radical (unpaired) electrons. The van der Waals surface area contributed by atoms with Crippen LogP contribution in [0.25, 0.3) is 0 Å². The van der Waals surface area contributed by atoms with Crippen LogP contribution >= 0.6 is 11.3 Å². The second kappa shape index (κ2) is 8.49. The van der Waals surface area contributed by atoms with Gasteiger partial charge >= 0.3 is 5.97 Å². The lowest BCUT2D eigenvalue weighted by molar-refractivity contribution is 0.0700. The van der Waals surface area contributed by atoms with E-state index >= 15 is 0 Å². The fourth-order valence-corrected chi connectivity index (χ4v) is 3.46. The Hall–Kier alpha value is -0.940. The van der Waals surface area contributed by atoms with Crippen LogP contribution in [0.2, 0.25) is 0 Å². The zero-order valence-corrected chi connectivity index (χ0v) is 14.7. The molecule has 0 saturated heterocycles. The second-order valence-corrected chi connectivity index (χ2v) is 7.50. The van der Waals surface area contributed by atoms with Crippen molar-refractivity contribution >= 4 is 17.3 Å². The third-order valence-corrected chi connectivity index (χ3v) is 4.10. The quantitative estimate of drug-likeness (QED) is 0.751. The number of thiazole rings is 1. The summed E-state index contributed by atoms with van der Waals surface area (Å²) < 4.78 is 0. The first-order chi connectivity index (χ1) is 9.83. The van der Waals surface area contributed by atoms with Crippen molar-refractivity contribution in [2.45, 2.75) is 54.0 Å². The minimum absolute atomic E-state index is 0.417. The summed E-state index contributed by atoms with van der Waals surface area (Å²) in [5.74, 6) is 0.344. The molecule has 0 saturated carbocycles. The maximum atomic E-state index is 11.3. The van der Waals surface area contributed by atoms with E-state index in [2.05, 4.69) is 44.5 Å². The average molecular weight is 312 g/mol. The van der Waals surface area contributed by atoms with Crippen molar-refractivity contribution in [1.82, 2.24) is 9.88 Å². The van der Waals surface area contributed by atoms with Crippen LogP contribution in [0.1, 0.15) is 61.4 Å². The molecule has 0 fully saturated rings. The first-order valence-electron chi connectivity index (χ1n) is 7.77. The van der Waals surface area contributed by atoms with Crippen molar-refractivity contribution in [2.24, 2.45) is 11.8 Å². The predicted octanol–water partition coefficient (Wildman–Crippen LogP) is 3.91. The molecule has 120 valence electrons. The van der Waals surface area contributed by atoms with Crippen molar-refractivity contribution < 1.29 is 9.90 Å². The fraction of sp³-hybridized carbons (Fsp3) is 0.750. The molecule has 1 aromatic rings. The van der Waals surface area contributed by atoms with E-state index in [1.54, 1.807) is 0 Å². The van der Waals surface area contributed by atoms with E-state index in [1.807, 2.05) is 0 Å². The molecule has 0 atom stereocenters. The molecule has 1 N–H and O–H groups in total. The highest BCUT2D eigenvalue weighted by molar-refractivity contribution is 7.13. The van der Waals surface area contributed by atoms with Crippen LogP contribution in [0.5, 0.6) is 0 Å². The third-order valence-electron chi connectivity index (χ3n) is 3.03. The molecule has 0 aliphatic rings. The summed E-state index contributed by atoms with van der Waals surface area (Å²) in [6.45, 7) is 13.7. The number of nitrogens with zero attached hydrogens (tertiary/aromatic N) is 2. The Morgan fingerprint density at radius 3 is 2.24 bits per heavy atom. The second-order valence-electron chi connectivity index (χ2n) is 6.42. The summed E-state index contributed by atoms with van der Waals surface area (Å²) in [6, 6.07) is 0. The third kappa shape index (κ3) is 6.14. The lowest BCUT2D eigenvalue weighted by Crippen LogP contribution is -2.30. The van der Waals surface area contributed by atoms with Gasteiger partial charge in [-0.1, -0.05) is 41.0 Å². The van der Waals surface area contributed by atoms with Gasteiger partial charge in [-0.2, -0.15) is 0 Å². The zero-order valence-electron chi connectivity index (χ0n) is 13.8. The smallest absolute Gasteiger partial charge is 0.347 e.